The summed E-state index contributed by atoms with van der Waals surface area (Å²) in [5.74, 6) is -0.459. The summed E-state index contributed by atoms with van der Waals surface area (Å²) < 4.78 is 16.4. The maximum atomic E-state index is 11.3. The highest BCUT2D eigenvalue weighted by Crippen LogP contribution is 2.30. The highest BCUT2D eigenvalue weighted by atomic mass is 32.1. The van der Waals surface area contributed by atoms with Crippen LogP contribution in [0.3, 0.4) is 0 Å². The van der Waals surface area contributed by atoms with Crippen molar-refractivity contribution in [2.24, 2.45) is 5.92 Å². The zero-order chi connectivity index (χ0) is 15.3. The first kappa shape index (κ1) is 17.3. The van der Waals surface area contributed by atoms with E-state index in [9.17, 15) is 9.59 Å². The van der Waals surface area contributed by atoms with Crippen LogP contribution in [-0.2, 0) is 23.8 Å². The third kappa shape index (κ3) is 4.36. The first-order valence-electron chi connectivity index (χ1n) is 6.74. The summed E-state index contributed by atoms with van der Waals surface area (Å²) in [5.41, 5.74) is 0. The smallest absolute Gasteiger partial charge is 0.304 e. The van der Waals surface area contributed by atoms with E-state index in [0.717, 1.165) is 6.42 Å². The fraction of sp³-hybridized carbons (Fsp3) is 0.846. The highest BCUT2D eigenvalue weighted by Gasteiger charge is 2.46. The summed E-state index contributed by atoms with van der Waals surface area (Å²) in [5, 5.41) is 3.06. The van der Waals surface area contributed by atoms with Crippen LogP contribution in [-0.4, -0.2) is 42.4 Å². The second kappa shape index (κ2) is 7.85. The first-order valence-corrected chi connectivity index (χ1v) is 7.38. The number of nitrogens with one attached hydrogen (secondary N) is 1. The number of carbonyl (C=O) groups is 2. The van der Waals surface area contributed by atoms with Crippen LogP contribution in [0.1, 0.15) is 34.1 Å². The maximum absolute atomic E-state index is 11.3. The van der Waals surface area contributed by atoms with E-state index in [1.54, 1.807) is 0 Å². The SMILES string of the molecule is CC[C@H]1OC(OC(C)=O)[C@H](NCS)[C@@H](OC(C)=O)[C@@H]1C. The maximum Gasteiger partial charge on any atom is 0.304 e. The molecule has 0 radical (unpaired) electrons. The Morgan fingerprint density at radius 2 is 1.85 bits per heavy atom. The molecule has 5 atom stereocenters. The van der Waals surface area contributed by atoms with Crippen molar-refractivity contribution in [3.63, 3.8) is 0 Å². The average Bonchev–Trinajstić information content (AvgIpc) is 2.36. The lowest BCUT2D eigenvalue weighted by Crippen LogP contribution is -2.61. The van der Waals surface area contributed by atoms with Gasteiger partial charge in [-0.25, -0.2) is 0 Å². The predicted molar refractivity (Wildman–Crippen MR) is 76.2 cm³/mol. The number of rotatable bonds is 5. The molecule has 1 unspecified atom stereocenters. The summed E-state index contributed by atoms with van der Waals surface area (Å²) in [6.07, 6.45) is -0.612. The summed E-state index contributed by atoms with van der Waals surface area (Å²) in [6, 6.07) is -0.432. The van der Waals surface area contributed by atoms with Gasteiger partial charge in [0.2, 0.25) is 6.29 Å². The van der Waals surface area contributed by atoms with Crippen molar-refractivity contribution < 1.29 is 23.8 Å². The molecule has 0 aromatic heterocycles. The van der Waals surface area contributed by atoms with E-state index < -0.39 is 24.4 Å². The van der Waals surface area contributed by atoms with Gasteiger partial charge in [-0.3, -0.25) is 14.9 Å². The van der Waals surface area contributed by atoms with Crippen molar-refractivity contribution in [2.45, 2.75) is 58.7 Å². The van der Waals surface area contributed by atoms with Crippen LogP contribution in [0.15, 0.2) is 0 Å². The van der Waals surface area contributed by atoms with E-state index >= 15 is 0 Å². The Bertz CT molecular complexity index is 352. The topological polar surface area (TPSA) is 73.9 Å². The van der Waals surface area contributed by atoms with Crippen LogP contribution >= 0.6 is 12.6 Å². The molecule has 1 heterocycles. The number of carbonyl (C=O) groups excluding carboxylic acids is 2. The molecule has 7 heteroatoms. The second-order valence-corrected chi connectivity index (χ2v) is 5.20. The Balaban J connectivity index is 2.97. The lowest BCUT2D eigenvalue weighted by Gasteiger charge is -2.44. The largest absolute Gasteiger partial charge is 0.460 e. The van der Waals surface area contributed by atoms with Crippen LogP contribution < -0.4 is 5.32 Å². The molecule has 20 heavy (non-hydrogen) atoms. The third-order valence-corrected chi connectivity index (χ3v) is 3.56. The minimum absolute atomic E-state index is 0.00640. The summed E-state index contributed by atoms with van der Waals surface area (Å²) >= 11 is 4.12. The van der Waals surface area contributed by atoms with Gasteiger partial charge in [0, 0.05) is 25.6 Å². The predicted octanol–water partition coefficient (Wildman–Crippen LogP) is 1.10. The molecule has 1 rings (SSSR count). The van der Waals surface area contributed by atoms with Crippen LogP contribution in [0.2, 0.25) is 0 Å². The van der Waals surface area contributed by atoms with E-state index in [-0.39, 0.29) is 18.0 Å². The fourth-order valence-electron chi connectivity index (χ4n) is 2.50. The van der Waals surface area contributed by atoms with Gasteiger partial charge >= 0.3 is 11.9 Å². The lowest BCUT2D eigenvalue weighted by atomic mass is 9.87. The van der Waals surface area contributed by atoms with Gasteiger partial charge in [0.1, 0.15) is 12.1 Å². The summed E-state index contributed by atoms with van der Waals surface area (Å²) in [7, 11) is 0. The molecule has 1 fully saturated rings. The summed E-state index contributed by atoms with van der Waals surface area (Å²) in [6.45, 7) is 6.62. The fourth-order valence-corrected chi connectivity index (χ4v) is 2.71. The van der Waals surface area contributed by atoms with Crippen molar-refractivity contribution >= 4 is 24.6 Å². The molecule has 0 aliphatic carbocycles. The molecule has 0 spiro atoms. The lowest BCUT2D eigenvalue weighted by molar-refractivity contribution is -0.246. The molecule has 1 aliphatic heterocycles. The minimum Gasteiger partial charge on any atom is -0.460 e. The number of ether oxygens (including phenoxy) is 3. The monoisotopic (exact) mass is 305 g/mol. The number of hydrogen-bond acceptors (Lipinski definition) is 7. The molecular weight excluding hydrogens is 282 g/mol. The number of hydrogen-bond donors (Lipinski definition) is 2. The normalized spacial score (nSPS) is 33.5. The molecular formula is C13H23NO5S. The van der Waals surface area contributed by atoms with Gasteiger partial charge in [0.25, 0.3) is 0 Å². The standard InChI is InChI=1S/C13H23NO5S/c1-5-10-7(2)12(17-8(3)15)11(14-6-20)13(19-10)18-9(4)16/h7,10-14,20H,5-6H2,1-4H3/t7-,10-,11-,12+,13?/m1/s1. The van der Waals surface area contributed by atoms with Gasteiger partial charge in [-0.15, -0.1) is 0 Å². The zero-order valence-corrected chi connectivity index (χ0v) is 13.2. The van der Waals surface area contributed by atoms with Gasteiger partial charge in [-0.2, -0.15) is 12.6 Å². The third-order valence-electron chi connectivity index (χ3n) is 3.37. The molecule has 0 saturated carbocycles. The van der Waals surface area contributed by atoms with Gasteiger partial charge in [0.05, 0.1) is 6.10 Å². The Morgan fingerprint density at radius 3 is 2.30 bits per heavy atom. The molecule has 0 bridgehead atoms. The molecule has 1 aliphatic rings. The molecule has 6 nitrogen and oxygen atoms in total. The Labute approximate surface area is 124 Å². The van der Waals surface area contributed by atoms with E-state index in [1.165, 1.54) is 13.8 Å². The van der Waals surface area contributed by atoms with Gasteiger partial charge in [0.15, 0.2) is 0 Å². The molecule has 0 aromatic rings. The van der Waals surface area contributed by atoms with Crippen LogP contribution in [0.5, 0.6) is 0 Å². The zero-order valence-electron chi connectivity index (χ0n) is 12.3. The quantitative estimate of drug-likeness (QED) is 0.450. The van der Waals surface area contributed by atoms with E-state index in [2.05, 4.69) is 17.9 Å². The van der Waals surface area contributed by atoms with E-state index in [4.69, 9.17) is 14.2 Å². The Kier molecular flexibility index (Phi) is 6.78. The van der Waals surface area contributed by atoms with Crippen LogP contribution in [0.25, 0.3) is 0 Å². The van der Waals surface area contributed by atoms with Gasteiger partial charge in [-0.05, 0) is 6.42 Å². The summed E-state index contributed by atoms with van der Waals surface area (Å²) in [4.78, 5) is 22.5. The molecule has 0 aromatic carbocycles. The first-order chi connectivity index (χ1) is 9.40. The van der Waals surface area contributed by atoms with Crippen molar-refractivity contribution in [2.75, 3.05) is 5.88 Å². The molecule has 1 N–H and O–H groups in total. The van der Waals surface area contributed by atoms with Crippen molar-refractivity contribution in [3.05, 3.63) is 0 Å². The average molecular weight is 305 g/mol. The van der Waals surface area contributed by atoms with Gasteiger partial charge in [-0.1, -0.05) is 13.8 Å². The van der Waals surface area contributed by atoms with Crippen LogP contribution in [0.4, 0.5) is 0 Å². The van der Waals surface area contributed by atoms with Crippen molar-refractivity contribution in [1.82, 2.24) is 5.32 Å². The molecule has 116 valence electrons. The highest BCUT2D eigenvalue weighted by molar-refractivity contribution is 7.80. The van der Waals surface area contributed by atoms with E-state index in [0.29, 0.717) is 5.88 Å². The van der Waals surface area contributed by atoms with E-state index in [1.807, 2.05) is 13.8 Å². The van der Waals surface area contributed by atoms with Crippen molar-refractivity contribution in [1.29, 1.82) is 0 Å². The van der Waals surface area contributed by atoms with Crippen LogP contribution in [0, 0.1) is 5.92 Å². The van der Waals surface area contributed by atoms with Crippen molar-refractivity contribution in [3.8, 4) is 0 Å². The molecule has 0 amide bonds. The number of thiol groups is 1. The Hall–Kier alpha value is -0.790. The van der Waals surface area contributed by atoms with Gasteiger partial charge < -0.3 is 14.2 Å². The Morgan fingerprint density at radius 1 is 1.25 bits per heavy atom. The second-order valence-electron chi connectivity index (χ2n) is 4.88. The number of esters is 2. The minimum atomic E-state index is -0.787. The molecule has 1 saturated heterocycles.